The predicted molar refractivity (Wildman–Crippen MR) is 93.6 cm³/mol. The molecule has 2 fully saturated rings. The fraction of sp³-hybridized carbons (Fsp3) is 0.474. The highest BCUT2D eigenvalue weighted by Crippen LogP contribution is 2.35. The minimum Gasteiger partial charge on any atom is -0.396 e. The Kier molecular flexibility index (Phi) is 4.09. The first kappa shape index (κ1) is 16.3. The molecule has 0 spiro atoms. The Balaban J connectivity index is 1.75. The summed E-state index contributed by atoms with van der Waals surface area (Å²) in [5, 5.41) is 10.2. The predicted octanol–water partition coefficient (Wildman–Crippen LogP) is 1.15. The molecular weight excluding hydrogens is 320 g/mol. The van der Waals surface area contributed by atoms with E-state index in [1.807, 2.05) is 29.2 Å². The molecule has 0 radical (unpaired) electrons. The van der Waals surface area contributed by atoms with Gasteiger partial charge in [0.1, 0.15) is 0 Å². The molecule has 1 saturated carbocycles. The number of aliphatic hydroxyl groups is 1. The van der Waals surface area contributed by atoms with Crippen molar-refractivity contribution in [2.45, 2.75) is 25.0 Å². The van der Waals surface area contributed by atoms with E-state index in [2.05, 4.69) is 0 Å². The number of para-hydroxylation sites is 1. The lowest BCUT2D eigenvalue weighted by atomic mass is 10.0. The number of fused-ring (bicyclic) bond motifs is 2. The summed E-state index contributed by atoms with van der Waals surface area (Å²) in [4.78, 5) is 27.4. The summed E-state index contributed by atoms with van der Waals surface area (Å²) in [5.41, 5.74) is 1.01. The maximum atomic E-state index is 13.3. The van der Waals surface area contributed by atoms with Gasteiger partial charge in [-0.1, -0.05) is 18.2 Å². The van der Waals surface area contributed by atoms with Crippen LogP contribution in [-0.2, 0) is 11.8 Å². The largest absolute Gasteiger partial charge is 0.396 e. The fourth-order valence-electron chi connectivity index (χ4n) is 4.19. The number of carbonyl (C=O) groups excluding carboxylic acids is 1. The Morgan fingerprint density at radius 3 is 2.92 bits per heavy atom. The van der Waals surface area contributed by atoms with E-state index in [1.54, 1.807) is 11.6 Å². The molecule has 1 amide bonds. The zero-order chi connectivity index (χ0) is 17.6. The maximum absolute atomic E-state index is 13.3. The molecule has 1 N–H and O–H groups in total. The van der Waals surface area contributed by atoms with Gasteiger partial charge in [-0.3, -0.25) is 9.59 Å². The minimum atomic E-state index is -0.188. The summed E-state index contributed by atoms with van der Waals surface area (Å²) < 4.78 is 7.37. The summed E-state index contributed by atoms with van der Waals surface area (Å²) in [5.74, 6) is 0.0505. The average molecular weight is 342 g/mol. The van der Waals surface area contributed by atoms with Crippen molar-refractivity contribution >= 4 is 16.8 Å². The third-order valence-electron chi connectivity index (χ3n) is 5.54. The molecular formula is C19H22N2O4. The van der Waals surface area contributed by atoms with Gasteiger partial charge in [-0.15, -0.1) is 0 Å². The van der Waals surface area contributed by atoms with Crippen LogP contribution in [0.2, 0.25) is 0 Å². The van der Waals surface area contributed by atoms with E-state index in [0.717, 1.165) is 23.7 Å². The number of aliphatic hydroxyl groups excluding tert-OH is 1. The van der Waals surface area contributed by atoms with E-state index in [1.165, 1.54) is 6.07 Å². The molecule has 1 aromatic carbocycles. The van der Waals surface area contributed by atoms with Gasteiger partial charge in [0, 0.05) is 31.7 Å². The zero-order valence-corrected chi connectivity index (χ0v) is 14.2. The van der Waals surface area contributed by atoms with Gasteiger partial charge >= 0.3 is 0 Å². The highest BCUT2D eigenvalue weighted by atomic mass is 16.5. The van der Waals surface area contributed by atoms with Crippen LogP contribution in [0.1, 0.15) is 23.2 Å². The molecule has 2 heterocycles. The number of hydrogen-bond donors (Lipinski definition) is 1. The van der Waals surface area contributed by atoms with Crippen molar-refractivity contribution in [1.29, 1.82) is 0 Å². The molecule has 3 atom stereocenters. The molecule has 2 aromatic rings. The number of rotatable bonds is 2. The highest BCUT2D eigenvalue weighted by Gasteiger charge is 2.43. The summed E-state index contributed by atoms with van der Waals surface area (Å²) in [6.07, 6.45) is 1.51. The molecule has 2 aliphatic rings. The summed E-state index contributed by atoms with van der Waals surface area (Å²) in [7, 11) is 1.71. The number of aromatic nitrogens is 1. The lowest BCUT2D eigenvalue weighted by Gasteiger charge is -2.37. The van der Waals surface area contributed by atoms with E-state index >= 15 is 0 Å². The molecule has 25 heavy (non-hydrogen) atoms. The number of amides is 1. The summed E-state index contributed by atoms with van der Waals surface area (Å²) in [6, 6.07) is 8.89. The normalized spacial score (nSPS) is 26.0. The van der Waals surface area contributed by atoms with Crippen molar-refractivity contribution in [3.8, 4) is 0 Å². The van der Waals surface area contributed by atoms with Gasteiger partial charge < -0.3 is 19.3 Å². The Hall–Kier alpha value is -2.18. The van der Waals surface area contributed by atoms with Gasteiger partial charge in [0.25, 0.3) is 11.5 Å². The first-order chi connectivity index (χ1) is 12.1. The molecule has 1 unspecified atom stereocenters. The lowest BCUT2D eigenvalue weighted by molar-refractivity contribution is -0.0448. The van der Waals surface area contributed by atoms with E-state index < -0.39 is 0 Å². The van der Waals surface area contributed by atoms with Gasteiger partial charge in [-0.05, 0) is 24.8 Å². The molecule has 1 aromatic heterocycles. The zero-order valence-electron chi connectivity index (χ0n) is 14.2. The van der Waals surface area contributed by atoms with Gasteiger partial charge in [0.2, 0.25) is 0 Å². The second-order valence-electron chi connectivity index (χ2n) is 6.97. The van der Waals surface area contributed by atoms with Gasteiger partial charge in [0.15, 0.2) is 0 Å². The minimum absolute atomic E-state index is 0.0207. The van der Waals surface area contributed by atoms with E-state index in [-0.39, 0.29) is 36.1 Å². The number of ether oxygens (including phenoxy) is 1. The topological polar surface area (TPSA) is 71.8 Å². The van der Waals surface area contributed by atoms with Crippen LogP contribution in [0.5, 0.6) is 0 Å². The number of nitrogens with zero attached hydrogens (tertiary/aromatic N) is 2. The smallest absolute Gasteiger partial charge is 0.255 e. The molecule has 4 rings (SSSR count). The third-order valence-corrected chi connectivity index (χ3v) is 5.54. The van der Waals surface area contributed by atoms with Crippen LogP contribution in [0.15, 0.2) is 35.1 Å². The number of benzene rings is 1. The number of carbonyl (C=O) groups is 1. The van der Waals surface area contributed by atoms with Crippen LogP contribution >= 0.6 is 0 Å². The Bertz CT molecular complexity index is 875. The van der Waals surface area contributed by atoms with Gasteiger partial charge in [-0.25, -0.2) is 0 Å². The number of morpholine rings is 1. The van der Waals surface area contributed by atoms with Crippen molar-refractivity contribution < 1.29 is 14.6 Å². The Labute approximate surface area is 145 Å². The summed E-state index contributed by atoms with van der Waals surface area (Å²) >= 11 is 0. The molecule has 0 bridgehead atoms. The molecule has 1 aliphatic heterocycles. The van der Waals surface area contributed by atoms with Crippen LogP contribution in [0, 0.1) is 5.92 Å². The van der Waals surface area contributed by atoms with Crippen molar-refractivity contribution in [2.24, 2.45) is 13.0 Å². The van der Waals surface area contributed by atoms with Gasteiger partial charge in [-0.2, -0.15) is 0 Å². The fourth-order valence-corrected chi connectivity index (χ4v) is 4.19. The second kappa shape index (κ2) is 6.28. The standard InChI is InChI=1S/C19H22N2O4/c1-20-15-5-3-2-4-13(15)14(10-18(20)23)19(24)21-6-7-25-17-9-12(11-22)8-16(17)21/h2-5,10,12,16-17,22H,6-9,11H2,1H3/t12-,16+,17?/m1/s1. The first-order valence-electron chi connectivity index (χ1n) is 8.72. The Morgan fingerprint density at radius 1 is 1.32 bits per heavy atom. The summed E-state index contributed by atoms with van der Waals surface area (Å²) in [6.45, 7) is 1.13. The van der Waals surface area contributed by atoms with Crippen LogP contribution in [0.3, 0.4) is 0 Å². The monoisotopic (exact) mass is 342 g/mol. The van der Waals surface area contributed by atoms with Gasteiger partial charge in [0.05, 0.1) is 29.8 Å². The number of pyridine rings is 1. The highest BCUT2D eigenvalue weighted by molar-refractivity contribution is 6.06. The van der Waals surface area contributed by atoms with Crippen molar-refractivity contribution in [3.05, 3.63) is 46.2 Å². The third kappa shape index (κ3) is 2.65. The van der Waals surface area contributed by atoms with Crippen LogP contribution in [0.25, 0.3) is 10.9 Å². The van der Waals surface area contributed by atoms with Crippen molar-refractivity contribution in [3.63, 3.8) is 0 Å². The van der Waals surface area contributed by atoms with Crippen molar-refractivity contribution in [2.75, 3.05) is 19.8 Å². The van der Waals surface area contributed by atoms with Crippen LogP contribution in [-0.4, -0.2) is 52.4 Å². The van der Waals surface area contributed by atoms with E-state index in [0.29, 0.717) is 18.7 Å². The number of aryl methyl sites for hydroxylation is 1. The maximum Gasteiger partial charge on any atom is 0.255 e. The molecule has 1 aliphatic carbocycles. The van der Waals surface area contributed by atoms with Crippen LogP contribution < -0.4 is 5.56 Å². The average Bonchev–Trinajstić information content (AvgIpc) is 3.07. The Morgan fingerprint density at radius 2 is 2.12 bits per heavy atom. The van der Waals surface area contributed by atoms with E-state index in [4.69, 9.17) is 4.74 Å². The van der Waals surface area contributed by atoms with Crippen molar-refractivity contribution in [1.82, 2.24) is 9.47 Å². The molecule has 132 valence electrons. The second-order valence-corrected chi connectivity index (χ2v) is 6.97. The van der Waals surface area contributed by atoms with Crippen LogP contribution in [0.4, 0.5) is 0 Å². The SMILES string of the molecule is Cn1c(=O)cc(C(=O)N2CCOC3C[C@H](CO)C[C@@H]32)c2ccccc21. The molecule has 1 saturated heterocycles. The first-order valence-corrected chi connectivity index (χ1v) is 8.72. The molecule has 6 heteroatoms. The quantitative estimate of drug-likeness (QED) is 0.889. The molecule has 6 nitrogen and oxygen atoms in total. The lowest BCUT2D eigenvalue weighted by Crippen LogP contribution is -2.51. The van der Waals surface area contributed by atoms with E-state index in [9.17, 15) is 14.7 Å². The number of hydrogen-bond acceptors (Lipinski definition) is 4.